The van der Waals surface area contributed by atoms with Gasteiger partial charge in [-0.05, 0) is 74.1 Å². The number of carbonyl (C=O) groups excluding carboxylic acids is 4. The highest BCUT2D eigenvalue weighted by molar-refractivity contribution is 6.12. The van der Waals surface area contributed by atoms with Crippen LogP contribution in [0, 0.1) is 0 Å². The molecule has 0 saturated heterocycles. The number of methoxy groups -OCH3 is 1. The average Bonchev–Trinajstić information content (AvgIpc) is 3.20. The molecule has 0 fully saturated rings. The van der Waals surface area contributed by atoms with E-state index in [4.69, 9.17) is 9.94 Å². The van der Waals surface area contributed by atoms with Crippen LogP contribution in [0.15, 0.2) is 78.9 Å². The van der Waals surface area contributed by atoms with Crippen LogP contribution in [0.1, 0.15) is 50.5 Å². The molecule has 238 valence electrons. The number of fused-ring (bicyclic) bond motifs is 2. The van der Waals surface area contributed by atoms with Gasteiger partial charge in [0.1, 0.15) is 11.8 Å². The highest BCUT2D eigenvalue weighted by Crippen LogP contribution is 2.37. The second-order valence-corrected chi connectivity index (χ2v) is 11.2. The molecule has 5 rings (SSSR count). The zero-order valence-electron chi connectivity index (χ0n) is 26.2. The van der Waals surface area contributed by atoms with Gasteiger partial charge in [-0.1, -0.05) is 36.4 Å². The van der Waals surface area contributed by atoms with Crippen LogP contribution in [0.4, 0.5) is 11.4 Å². The van der Waals surface area contributed by atoms with Crippen LogP contribution < -0.4 is 30.7 Å². The number of nitrogens with zero attached hydrogens (tertiary/aromatic N) is 2. The van der Waals surface area contributed by atoms with E-state index >= 15 is 0 Å². The largest absolute Gasteiger partial charge is 0.496 e. The lowest BCUT2D eigenvalue weighted by Gasteiger charge is -2.27. The monoisotopic (exact) mass is 623 g/mol. The van der Waals surface area contributed by atoms with Crippen LogP contribution in [0.3, 0.4) is 0 Å². The molecule has 0 aromatic heterocycles. The maximum atomic E-state index is 14.5. The van der Waals surface area contributed by atoms with Crippen molar-refractivity contribution in [1.82, 2.24) is 16.1 Å². The number of anilines is 2. The Kier molecular flexibility index (Phi) is 9.76. The number of ether oxygens (including phenoxy) is 1. The zero-order chi connectivity index (χ0) is 33.0. The Morgan fingerprint density at radius 1 is 0.957 bits per heavy atom. The Balaban J connectivity index is 1.62. The molecule has 0 aliphatic carbocycles. The van der Waals surface area contributed by atoms with E-state index in [-0.39, 0.29) is 42.3 Å². The van der Waals surface area contributed by atoms with Crippen molar-refractivity contribution in [2.45, 2.75) is 32.5 Å². The van der Waals surface area contributed by atoms with E-state index in [1.54, 1.807) is 70.9 Å². The molecular formula is C35H37N5O6. The van der Waals surface area contributed by atoms with Gasteiger partial charge in [-0.25, -0.2) is 5.48 Å². The van der Waals surface area contributed by atoms with E-state index in [1.165, 1.54) is 6.92 Å². The Morgan fingerprint density at radius 2 is 1.63 bits per heavy atom. The molecule has 2 atom stereocenters. The van der Waals surface area contributed by atoms with E-state index in [2.05, 4.69) is 10.6 Å². The number of nitrogens with one attached hydrogen (secondary N) is 3. The molecule has 46 heavy (non-hydrogen) atoms. The molecule has 0 saturated carbocycles. The summed E-state index contributed by atoms with van der Waals surface area (Å²) in [5, 5.41) is 17.2. The van der Waals surface area contributed by atoms with Crippen LogP contribution in [-0.4, -0.2) is 68.0 Å². The van der Waals surface area contributed by atoms with Gasteiger partial charge in [0.15, 0.2) is 5.78 Å². The summed E-state index contributed by atoms with van der Waals surface area (Å²) in [6, 6.07) is 21.7. The molecular weight excluding hydrogens is 586 g/mol. The highest BCUT2D eigenvalue weighted by atomic mass is 16.5. The number of hydrogen-bond acceptors (Lipinski definition) is 8. The first kappa shape index (κ1) is 32.3. The Hall–Kier alpha value is -5.10. The van der Waals surface area contributed by atoms with Gasteiger partial charge in [-0.15, -0.1) is 0 Å². The van der Waals surface area contributed by atoms with Gasteiger partial charge in [-0.2, -0.15) is 0 Å². The first-order valence-corrected chi connectivity index (χ1v) is 14.9. The second-order valence-electron chi connectivity index (χ2n) is 11.2. The first-order chi connectivity index (χ1) is 22.2. The normalized spacial score (nSPS) is 15.2. The van der Waals surface area contributed by atoms with Gasteiger partial charge < -0.3 is 25.2 Å². The van der Waals surface area contributed by atoms with E-state index in [9.17, 15) is 19.2 Å². The van der Waals surface area contributed by atoms with Gasteiger partial charge in [0, 0.05) is 34.8 Å². The lowest BCUT2D eigenvalue weighted by Crippen LogP contribution is -2.53. The van der Waals surface area contributed by atoms with Crippen LogP contribution in [0.2, 0.25) is 0 Å². The minimum absolute atomic E-state index is 0.0543. The maximum absolute atomic E-state index is 14.5. The van der Waals surface area contributed by atoms with E-state index in [0.29, 0.717) is 40.4 Å². The van der Waals surface area contributed by atoms with Crippen LogP contribution >= 0.6 is 0 Å². The van der Waals surface area contributed by atoms with Crippen molar-refractivity contribution in [1.29, 1.82) is 0 Å². The molecule has 1 heterocycles. The molecule has 3 amide bonds. The summed E-state index contributed by atoms with van der Waals surface area (Å²) in [6.07, 6.45) is 0. The van der Waals surface area contributed by atoms with Crippen molar-refractivity contribution < 1.29 is 29.1 Å². The fourth-order valence-corrected chi connectivity index (χ4v) is 5.61. The zero-order valence-corrected chi connectivity index (χ0v) is 26.2. The van der Waals surface area contributed by atoms with Crippen molar-refractivity contribution in [3.05, 3.63) is 101 Å². The number of amides is 3. The van der Waals surface area contributed by atoms with Crippen molar-refractivity contribution in [2.75, 3.05) is 37.0 Å². The van der Waals surface area contributed by atoms with Gasteiger partial charge in [0.05, 0.1) is 31.6 Å². The predicted molar refractivity (Wildman–Crippen MR) is 176 cm³/mol. The number of Topliss-reactive ketones (excluding diaryl/α,β-unsaturated/α-hetero) is 1. The van der Waals surface area contributed by atoms with Gasteiger partial charge in [0.25, 0.3) is 11.8 Å². The molecule has 0 radical (unpaired) electrons. The number of hydrogen-bond donors (Lipinski definition) is 4. The Morgan fingerprint density at radius 3 is 2.28 bits per heavy atom. The summed E-state index contributed by atoms with van der Waals surface area (Å²) in [5.41, 5.74) is 4.64. The number of carbonyl (C=O) groups is 4. The molecule has 0 unspecified atom stereocenters. The second kappa shape index (κ2) is 13.9. The SMILES string of the molecule is CN[C@@H](C)CN[C@H]1CN(C(=O)c2ccc(C(C)=O)cc2)c2ccccc2N(Cc2c(OC)ccc3cc(C(=O)NO)ccc23)C1=O. The van der Waals surface area contributed by atoms with Crippen molar-refractivity contribution in [3.63, 3.8) is 0 Å². The third-order valence-electron chi connectivity index (χ3n) is 8.33. The Bertz CT molecular complexity index is 1790. The summed E-state index contributed by atoms with van der Waals surface area (Å²) in [4.78, 5) is 55.8. The number of likely N-dealkylation sites (N-methyl/N-ethyl adjacent to an activating group) is 1. The van der Waals surface area contributed by atoms with Gasteiger partial charge in [0.2, 0.25) is 5.91 Å². The molecule has 0 bridgehead atoms. The van der Waals surface area contributed by atoms with E-state index < -0.39 is 11.9 Å². The minimum atomic E-state index is -0.760. The number of benzene rings is 4. The highest BCUT2D eigenvalue weighted by Gasteiger charge is 2.37. The average molecular weight is 624 g/mol. The summed E-state index contributed by atoms with van der Waals surface area (Å²) in [5.74, 6) is -0.717. The smallest absolute Gasteiger partial charge is 0.274 e. The number of rotatable bonds is 10. The molecule has 0 spiro atoms. The molecule has 11 nitrogen and oxygen atoms in total. The molecule has 11 heteroatoms. The number of para-hydroxylation sites is 2. The van der Waals surface area contributed by atoms with E-state index in [1.807, 2.05) is 44.3 Å². The molecule has 4 aromatic carbocycles. The number of hydroxylamine groups is 1. The van der Waals surface area contributed by atoms with Crippen LogP contribution in [0.5, 0.6) is 5.75 Å². The van der Waals surface area contributed by atoms with Gasteiger partial charge in [-0.3, -0.25) is 24.4 Å². The minimum Gasteiger partial charge on any atom is -0.496 e. The summed E-state index contributed by atoms with van der Waals surface area (Å²) in [7, 11) is 3.39. The van der Waals surface area contributed by atoms with Crippen molar-refractivity contribution in [2.24, 2.45) is 0 Å². The number of ketones is 1. The molecule has 4 aromatic rings. The summed E-state index contributed by atoms with van der Waals surface area (Å²) >= 11 is 0. The quantitative estimate of drug-likeness (QED) is 0.118. The fraction of sp³-hybridized carbons (Fsp3) is 0.257. The molecule has 1 aliphatic rings. The third kappa shape index (κ3) is 6.47. The maximum Gasteiger partial charge on any atom is 0.274 e. The van der Waals surface area contributed by atoms with Crippen LogP contribution in [0.25, 0.3) is 10.8 Å². The fourth-order valence-electron chi connectivity index (χ4n) is 5.61. The van der Waals surface area contributed by atoms with Gasteiger partial charge >= 0.3 is 0 Å². The van der Waals surface area contributed by atoms with Crippen LogP contribution in [-0.2, 0) is 11.3 Å². The lowest BCUT2D eigenvalue weighted by molar-refractivity contribution is -0.120. The molecule has 1 aliphatic heterocycles. The lowest BCUT2D eigenvalue weighted by atomic mass is 10.00. The molecule has 4 N–H and O–H groups in total. The van der Waals surface area contributed by atoms with Crippen molar-refractivity contribution in [3.8, 4) is 5.75 Å². The topological polar surface area (TPSA) is 140 Å². The third-order valence-corrected chi connectivity index (χ3v) is 8.33. The standard InChI is InChI=1S/C35H37N5O6/c1-21(36-3)18-37-29-20-40(34(43)24-11-9-23(10-12-24)22(2)41)31-8-6-5-7-30(31)39(35(29)44)19-28-27-15-13-26(33(42)38-45)17-25(27)14-16-32(28)46-4/h5-17,21,29,36-37,45H,18-20H2,1-4H3,(H,38,42)/t21-,29-/m0/s1. The first-order valence-electron chi connectivity index (χ1n) is 14.9. The summed E-state index contributed by atoms with van der Waals surface area (Å²) in [6.45, 7) is 4.12. The summed E-state index contributed by atoms with van der Waals surface area (Å²) < 4.78 is 5.74. The van der Waals surface area contributed by atoms with Crippen molar-refractivity contribution >= 4 is 45.7 Å². The Labute approximate surface area is 267 Å². The van der Waals surface area contributed by atoms with E-state index in [0.717, 1.165) is 10.8 Å². The predicted octanol–water partition coefficient (Wildman–Crippen LogP) is 3.93.